The smallest absolute Gasteiger partial charge is 0.417 e. The van der Waals surface area contributed by atoms with Crippen molar-refractivity contribution in [3.05, 3.63) is 90.5 Å². The van der Waals surface area contributed by atoms with E-state index in [0.29, 0.717) is 19.3 Å². The molecule has 0 aliphatic rings. The van der Waals surface area contributed by atoms with Crippen molar-refractivity contribution in [3.63, 3.8) is 0 Å². The zero-order valence-corrected chi connectivity index (χ0v) is 26.8. The summed E-state index contributed by atoms with van der Waals surface area (Å²) in [5, 5.41) is 3.68. The molecular weight excluding hydrogens is 509 g/mol. The van der Waals surface area contributed by atoms with Gasteiger partial charge in [0.05, 0.1) is 19.6 Å². The molecule has 0 saturated heterocycles. The van der Waals surface area contributed by atoms with Gasteiger partial charge in [-0.2, -0.15) is 0 Å². The first-order chi connectivity index (χ1) is 19.5. The van der Waals surface area contributed by atoms with Gasteiger partial charge in [0.1, 0.15) is 6.04 Å². The second kappa shape index (κ2) is 16.3. The lowest BCUT2D eigenvalue weighted by molar-refractivity contribution is -0.950. The number of benzene rings is 3. The van der Waals surface area contributed by atoms with E-state index >= 15 is 0 Å². The van der Waals surface area contributed by atoms with Crippen LogP contribution in [0.3, 0.4) is 0 Å². The summed E-state index contributed by atoms with van der Waals surface area (Å²) in [6.45, 7) is 18.2. The van der Waals surface area contributed by atoms with Crippen molar-refractivity contribution in [3.8, 4) is 0 Å². The van der Waals surface area contributed by atoms with Crippen LogP contribution >= 0.6 is 0 Å². The second-order valence-electron chi connectivity index (χ2n) is 10.7. The van der Waals surface area contributed by atoms with Crippen molar-refractivity contribution in [1.29, 1.82) is 0 Å². The Balaban J connectivity index is 2.31. The van der Waals surface area contributed by atoms with Crippen molar-refractivity contribution in [1.82, 2.24) is 0 Å². The molecule has 4 nitrogen and oxygen atoms in total. The van der Waals surface area contributed by atoms with E-state index in [1.54, 1.807) is 0 Å². The largest absolute Gasteiger partial charge is 0.629 e. The molecule has 0 amide bonds. The van der Waals surface area contributed by atoms with Crippen LogP contribution in [0.1, 0.15) is 78.8 Å². The second-order valence-corrected chi connectivity index (χ2v) is 14.0. The first-order valence-electron chi connectivity index (χ1n) is 15.5. The molecule has 0 aliphatic carbocycles. The lowest BCUT2D eigenvalue weighted by atomic mass is 10.0. The summed E-state index contributed by atoms with van der Waals surface area (Å²) >= 11 is 0. The zero-order valence-electron chi connectivity index (χ0n) is 25.8. The molecule has 0 heterocycles. The first kappa shape index (κ1) is 32.3. The normalized spacial score (nSPS) is 12.8. The Morgan fingerprint density at radius 3 is 1.55 bits per heavy atom. The number of hydrogen-bond acceptors (Lipinski definition) is 3. The minimum atomic E-state index is -3.09. The molecule has 0 aliphatic heterocycles. The highest BCUT2D eigenvalue weighted by Gasteiger charge is 2.49. The summed E-state index contributed by atoms with van der Waals surface area (Å²) in [5.41, 5.74) is 1.35. The molecule has 1 atom stereocenters. The number of unbranched alkanes of at least 4 members (excludes halogenated alkanes) is 2. The Morgan fingerprint density at radius 1 is 0.650 bits per heavy atom. The third-order valence-electron chi connectivity index (χ3n) is 8.64. The molecular formula is C34H51BNO3Si+. The van der Waals surface area contributed by atoms with Crippen LogP contribution in [0.4, 0.5) is 0 Å². The first-order valence-corrected chi connectivity index (χ1v) is 17.4. The molecule has 0 saturated carbocycles. The molecule has 3 aromatic carbocycles. The average Bonchev–Trinajstić information content (AvgIpc) is 3.02. The van der Waals surface area contributed by atoms with E-state index in [-0.39, 0.29) is 0 Å². The minimum Gasteiger partial charge on any atom is -0.417 e. The fourth-order valence-corrected chi connectivity index (χ4v) is 10.0. The topological polar surface area (TPSA) is 27.7 Å². The molecule has 0 fully saturated rings. The highest BCUT2D eigenvalue weighted by Crippen LogP contribution is 2.29. The molecule has 216 valence electrons. The van der Waals surface area contributed by atoms with Gasteiger partial charge in [-0.25, -0.2) is 0 Å². The van der Waals surface area contributed by atoms with Gasteiger partial charge < -0.3 is 18.1 Å². The predicted octanol–water partition coefficient (Wildman–Crippen LogP) is 6.23. The lowest BCUT2D eigenvalue weighted by Crippen LogP contribution is -2.72. The van der Waals surface area contributed by atoms with Crippen molar-refractivity contribution in [2.24, 2.45) is 0 Å². The van der Waals surface area contributed by atoms with E-state index in [9.17, 15) is 0 Å². The van der Waals surface area contributed by atoms with Crippen molar-refractivity contribution in [2.45, 2.75) is 73.3 Å². The fraction of sp³-hybridized carbons (Fsp3) is 0.471. The standard InChI is InChI=1S/C34H51BNO3Si/c1-7-12-28-37-35(38-29-13-8-2)39-40(31-22-16-14-17-23-31,32-24-18-15-19-25-32)34-27-21-20-26-33(34)30(6)36(9-3,10-4)11-5/h14-27,30H,7-13,28-29H2,1-6H3/q+1. The van der Waals surface area contributed by atoms with Gasteiger partial charge in [-0.05, 0) is 56.1 Å². The summed E-state index contributed by atoms with van der Waals surface area (Å²) < 4.78 is 21.1. The van der Waals surface area contributed by atoms with Gasteiger partial charge in [0, 0.05) is 18.8 Å². The summed E-state index contributed by atoms with van der Waals surface area (Å²) in [4.78, 5) is 0. The molecule has 0 bridgehead atoms. The predicted molar refractivity (Wildman–Crippen MR) is 173 cm³/mol. The van der Waals surface area contributed by atoms with Gasteiger partial charge in [0.25, 0.3) is 8.32 Å². The third kappa shape index (κ3) is 7.34. The molecule has 6 heteroatoms. The van der Waals surface area contributed by atoms with E-state index in [1.165, 1.54) is 21.1 Å². The number of quaternary nitrogens is 1. The highest BCUT2D eigenvalue weighted by atomic mass is 28.4. The number of rotatable bonds is 18. The van der Waals surface area contributed by atoms with Crippen LogP contribution < -0.4 is 15.6 Å². The van der Waals surface area contributed by atoms with E-state index < -0.39 is 15.6 Å². The molecule has 40 heavy (non-hydrogen) atoms. The van der Waals surface area contributed by atoms with Crippen LogP contribution in [0.25, 0.3) is 0 Å². The summed E-state index contributed by atoms with van der Waals surface area (Å²) in [5.74, 6) is 0. The van der Waals surface area contributed by atoms with Crippen LogP contribution in [0, 0.1) is 0 Å². The molecule has 3 rings (SSSR count). The van der Waals surface area contributed by atoms with E-state index in [0.717, 1.165) is 49.8 Å². The summed E-state index contributed by atoms with van der Waals surface area (Å²) in [6, 6.07) is 30.9. The molecule has 0 spiro atoms. The van der Waals surface area contributed by atoms with Crippen LogP contribution in [-0.4, -0.2) is 53.0 Å². The SMILES string of the molecule is CCCCOB(OCCCC)O[Si](c1ccccc1)(c1ccccc1)c1ccccc1C(C)[N+](CC)(CC)CC. The van der Waals surface area contributed by atoms with Crippen molar-refractivity contribution >= 4 is 31.2 Å². The Morgan fingerprint density at radius 2 is 1.10 bits per heavy atom. The van der Waals surface area contributed by atoms with Gasteiger partial charge in [-0.3, -0.25) is 0 Å². The van der Waals surface area contributed by atoms with Gasteiger partial charge in [0.15, 0.2) is 0 Å². The highest BCUT2D eigenvalue weighted by molar-refractivity contribution is 7.09. The van der Waals surface area contributed by atoms with Gasteiger partial charge >= 0.3 is 7.32 Å². The maximum atomic E-state index is 7.38. The number of nitrogens with zero attached hydrogens (tertiary/aromatic N) is 1. The Hall–Kier alpha value is -2.22. The maximum Gasteiger partial charge on any atom is 0.629 e. The third-order valence-corrected chi connectivity index (χ3v) is 12.7. The monoisotopic (exact) mass is 560 g/mol. The quantitative estimate of drug-likeness (QED) is 0.0800. The van der Waals surface area contributed by atoms with Crippen LogP contribution in [-0.2, 0) is 13.7 Å². The minimum absolute atomic E-state index is 0.305. The van der Waals surface area contributed by atoms with Crippen molar-refractivity contribution < 1.29 is 18.1 Å². The molecule has 0 aromatic heterocycles. The Labute approximate surface area is 245 Å². The van der Waals surface area contributed by atoms with Crippen LogP contribution in [0.15, 0.2) is 84.9 Å². The van der Waals surface area contributed by atoms with Crippen molar-refractivity contribution in [2.75, 3.05) is 32.8 Å². The Kier molecular flexibility index (Phi) is 13.1. The zero-order chi connectivity index (χ0) is 28.8. The average molecular weight is 561 g/mol. The summed E-state index contributed by atoms with van der Waals surface area (Å²) in [6.07, 6.45) is 4.07. The summed E-state index contributed by atoms with van der Waals surface area (Å²) in [7, 11) is -3.83. The van der Waals surface area contributed by atoms with E-state index in [2.05, 4.69) is 126 Å². The number of hydrogen-bond donors (Lipinski definition) is 0. The fourth-order valence-electron chi connectivity index (χ4n) is 5.90. The van der Waals surface area contributed by atoms with E-state index in [1.807, 2.05) is 0 Å². The molecule has 1 unspecified atom stereocenters. The lowest BCUT2D eigenvalue weighted by Gasteiger charge is -2.44. The molecule has 0 radical (unpaired) electrons. The maximum absolute atomic E-state index is 7.38. The van der Waals surface area contributed by atoms with Gasteiger partial charge in [-0.1, -0.05) is 112 Å². The van der Waals surface area contributed by atoms with Crippen LogP contribution in [0.2, 0.25) is 0 Å². The van der Waals surface area contributed by atoms with E-state index in [4.69, 9.17) is 13.7 Å². The van der Waals surface area contributed by atoms with Gasteiger partial charge in [0.2, 0.25) is 0 Å². The molecule has 0 N–H and O–H groups in total. The van der Waals surface area contributed by atoms with Crippen LogP contribution in [0.5, 0.6) is 0 Å². The molecule has 3 aromatic rings. The Bertz CT molecular complexity index is 1050. The van der Waals surface area contributed by atoms with Gasteiger partial charge in [-0.15, -0.1) is 0 Å².